The summed E-state index contributed by atoms with van der Waals surface area (Å²) in [5, 5.41) is 6.96. The van der Waals surface area contributed by atoms with Gasteiger partial charge in [-0.15, -0.1) is 11.3 Å². The van der Waals surface area contributed by atoms with E-state index in [-0.39, 0.29) is 0 Å². The van der Waals surface area contributed by atoms with Crippen LogP contribution in [0.15, 0.2) is 41.9 Å². The van der Waals surface area contributed by atoms with Crippen LogP contribution in [-0.4, -0.2) is 11.5 Å². The summed E-state index contributed by atoms with van der Waals surface area (Å²) in [6.07, 6.45) is 4.09. The summed E-state index contributed by atoms with van der Waals surface area (Å²) in [5.74, 6) is 0.542. The van der Waals surface area contributed by atoms with Crippen LogP contribution in [0.4, 0.5) is 0 Å². The van der Waals surface area contributed by atoms with Gasteiger partial charge in [0, 0.05) is 24.0 Å². The third kappa shape index (κ3) is 4.15. The highest BCUT2D eigenvalue weighted by Crippen LogP contribution is 2.25. The number of rotatable bonds is 7. The Morgan fingerprint density at radius 1 is 1.26 bits per heavy atom. The molecule has 0 aliphatic carbocycles. The second-order valence-corrected chi connectivity index (χ2v) is 5.93. The molecule has 2 nitrogen and oxygen atoms in total. The van der Waals surface area contributed by atoms with Gasteiger partial charge in [0.2, 0.25) is 0 Å². The van der Waals surface area contributed by atoms with Crippen LogP contribution < -0.4 is 5.32 Å². The first-order chi connectivity index (χ1) is 9.31. The van der Waals surface area contributed by atoms with Crippen LogP contribution in [0.5, 0.6) is 0 Å². The zero-order valence-corrected chi connectivity index (χ0v) is 12.5. The van der Waals surface area contributed by atoms with E-state index in [1.54, 1.807) is 11.3 Å². The van der Waals surface area contributed by atoms with Crippen LogP contribution in [-0.2, 0) is 6.42 Å². The smallest absolute Gasteiger partial charge is 0.0928 e. The van der Waals surface area contributed by atoms with Gasteiger partial charge in [-0.1, -0.05) is 44.2 Å². The Balaban J connectivity index is 2.08. The molecule has 1 N–H and O–H groups in total. The molecular weight excluding hydrogens is 252 g/mol. The molecule has 2 rings (SSSR count). The van der Waals surface area contributed by atoms with Crippen molar-refractivity contribution in [2.45, 2.75) is 32.7 Å². The first kappa shape index (κ1) is 14.2. The van der Waals surface area contributed by atoms with Gasteiger partial charge in [0.15, 0.2) is 0 Å². The molecule has 2 aromatic rings. The van der Waals surface area contributed by atoms with Crippen LogP contribution in [0.1, 0.15) is 36.9 Å². The van der Waals surface area contributed by atoms with Crippen molar-refractivity contribution in [3.05, 3.63) is 52.5 Å². The van der Waals surface area contributed by atoms with Crippen molar-refractivity contribution >= 4 is 11.3 Å². The van der Waals surface area contributed by atoms with Gasteiger partial charge >= 0.3 is 0 Å². The number of thiazole rings is 1. The van der Waals surface area contributed by atoms with Gasteiger partial charge in [-0.2, -0.15) is 0 Å². The van der Waals surface area contributed by atoms with Gasteiger partial charge in [-0.05, 0) is 24.4 Å². The predicted octanol–water partition coefficient (Wildman–Crippen LogP) is 4.06. The molecule has 1 aromatic heterocycles. The van der Waals surface area contributed by atoms with Gasteiger partial charge in [0.05, 0.1) is 5.01 Å². The number of aromatic nitrogens is 1. The van der Waals surface area contributed by atoms with Crippen LogP contribution in [0.2, 0.25) is 0 Å². The first-order valence-corrected chi connectivity index (χ1v) is 7.86. The SMILES string of the molecule is CCCNC(c1ccccc1)C(C)Cc1nccs1. The lowest BCUT2D eigenvalue weighted by atomic mass is 9.92. The molecule has 1 heterocycles. The molecule has 102 valence electrons. The van der Waals surface area contributed by atoms with E-state index in [0.717, 1.165) is 19.4 Å². The van der Waals surface area contributed by atoms with E-state index in [4.69, 9.17) is 0 Å². The van der Waals surface area contributed by atoms with E-state index in [0.29, 0.717) is 12.0 Å². The lowest BCUT2D eigenvalue weighted by Gasteiger charge is -2.25. The van der Waals surface area contributed by atoms with Gasteiger partial charge in [0.1, 0.15) is 0 Å². The fourth-order valence-corrected chi connectivity index (χ4v) is 3.11. The van der Waals surface area contributed by atoms with Crippen LogP contribution in [0.3, 0.4) is 0 Å². The second-order valence-electron chi connectivity index (χ2n) is 4.95. The fourth-order valence-electron chi connectivity index (χ4n) is 2.35. The van der Waals surface area contributed by atoms with Crippen molar-refractivity contribution < 1.29 is 0 Å². The molecule has 1 aromatic carbocycles. The lowest BCUT2D eigenvalue weighted by Crippen LogP contribution is -2.28. The number of nitrogens with zero attached hydrogens (tertiary/aromatic N) is 1. The Labute approximate surface area is 119 Å². The van der Waals surface area contributed by atoms with Crippen LogP contribution >= 0.6 is 11.3 Å². The van der Waals surface area contributed by atoms with Gasteiger partial charge in [0.25, 0.3) is 0 Å². The Bertz CT molecular complexity index is 453. The van der Waals surface area contributed by atoms with Crippen molar-refractivity contribution in [1.82, 2.24) is 10.3 Å². The minimum absolute atomic E-state index is 0.407. The summed E-state index contributed by atoms with van der Waals surface area (Å²) in [5.41, 5.74) is 1.38. The minimum Gasteiger partial charge on any atom is -0.310 e. The molecule has 0 fully saturated rings. The molecule has 19 heavy (non-hydrogen) atoms. The van der Waals surface area contributed by atoms with E-state index in [2.05, 4.69) is 59.9 Å². The minimum atomic E-state index is 0.407. The third-order valence-electron chi connectivity index (χ3n) is 3.32. The van der Waals surface area contributed by atoms with Crippen molar-refractivity contribution in [3.8, 4) is 0 Å². The average molecular weight is 274 g/mol. The third-order valence-corrected chi connectivity index (χ3v) is 4.12. The predicted molar refractivity (Wildman–Crippen MR) is 82.5 cm³/mol. The maximum atomic E-state index is 4.40. The number of hydrogen-bond acceptors (Lipinski definition) is 3. The zero-order valence-electron chi connectivity index (χ0n) is 11.7. The molecule has 2 atom stereocenters. The summed E-state index contributed by atoms with van der Waals surface area (Å²) < 4.78 is 0. The Morgan fingerprint density at radius 2 is 2.05 bits per heavy atom. The highest BCUT2D eigenvalue weighted by molar-refractivity contribution is 7.09. The molecular formula is C16H22N2S. The van der Waals surface area contributed by atoms with Gasteiger partial charge < -0.3 is 5.32 Å². The maximum Gasteiger partial charge on any atom is 0.0928 e. The highest BCUT2D eigenvalue weighted by atomic mass is 32.1. The monoisotopic (exact) mass is 274 g/mol. The van der Waals surface area contributed by atoms with Crippen molar-refractivity contribution in [1.29, 1.82) is 0 Å². The highest BCUT2D eigenvalue weighted by Gasteiger charge is 2.19. The number of benzene rings is 1. The van der Waals surface area contributed by atoms with E-state index in [1.807, 2.05) is 6.20 Å². The lowest BCUT2D eigenvalue weighted by molar-refractivity contribution is 0.384. The molecule has 3 heteroatoms. The molecule has 0 radical (unpaired) electrons. The quantitative estimate of drug-likeness (QED) is 0.823. The number of hydrogen-bond donors (Lipinski definition) is 1. The van der Waals surface area contributed by atoms with Crippen molar-refractivity contribution in [2.75, 3.05) is 6.54 Å². The Kier molecular flexibility index (Phi) is 5.55. The van der Waals surface area contributed by atoms with Crippen LogP contribution in [0, 0.1) is 5.92 Å². The Morgan fingerprint density at radius 3 is 2.68 bits per heavy atom. The second kappa shape index (κ2) is 7.41. The van der Waals surface area contributed by atoms with Crippen LogP contribution in [0.25, 0.3) is 0 Å². The summed E-state index contributed by atoms with van der Waals surface area (Å²) in [6, 6.07) is 11.1. The number of nitrogens with one attached hydrogen (secondary N) is 1. The molecule has 2 unspecified atom stereocenters. The molecule has 0 aliphatic heterocycles. The summed E-state index contributed by atoms with van der Waals surface area (Å²) >= 11 is 1.75. The largest absolute Gasteiger partial charge is 0.310 e. The fraction of sp³-hybridized carbons (Fsp3) is 0.438. The van der Waals surface area contributed by atoms with E-state index in [1.165, 1.54) is 10.6 Å². The summed E-state index contributed by atoms with van der Waals surface area (Å²) in [6.45, 7) is 5.57. The van der Waals surface area contributed by atoms with E-state index in [9.17, 15) is 0 Å². The zero-order chi connectivity index (χ0) is 13.5. The molecule has 0 bridgehead atoms. The molecule has 0 spiro atoms. The van der Waals surface area contributed by atoms with Crippen molar-refractivity contribution in [3.63, 3.8) is 0 Å². The summed E-state index contributed by atoms with van der Waals surface area (Å²) in [4.78, 5) is 4.40. The van der Waals surface area contributed by atoms with Gasteiger partial charge in [-0.25, -0.2) is 4.98 Å². The first-order valence-electron chi connectivity index (χ1n) is 6.98. The molecule has 0 saturated carbocycles. The normalized spacial score (nSPS) is 14.2. The Hall–Kier alpha value is -1.19. The molecule has 0 saturated heterocycles. The topological polar surface area (TPSA) is 24.9 Å². The summed E-state index contributed by atoms with van der Waals surface area (Å²) in [7, 11) is 0. The molecule has 0 amide bonds. The van der Waals surface area contributed by atoms with Gasteiger partial charge in [-0.3, -0.25) is 0 Å². The molecule has 0 aliphatic rings. The maximum absolute atomic E-state index is 4.40. The van der Waals surface area contributed by atoms with E-state index < -0.39 is 0 Å². The average Bonchev–Trinajstić information content (AvgIpc) is 2.93. The van der Waals surface area contributed by atoms with E-state index >= 15 is 0 Å². The standard InChI is InChI=1S/C16H22N2S/c1-3-9-18-16(14-7-5-4-6-8-14)13(2)12-15-17-10-11-19-15/h4-8,10-11,13,16,18H,3,9,12H2,1-2H3. The van der Waals surface area contributed by atoms with Crippen molar-refractivity contribution in [2.24, 2.45) is 5.92 Å².